The Labute approximate surface area is 155 Å². The number of hydrogen-bond acceptors (Lipinski definition) is 3. The van der Waals surface area contributed by atoms with Crippen molar-refractivity contribution in [3.8, 4) is 0 Å². The van der Waals surface area contributed by atoms with Crippen molar-refractivity contribution in [2.75, 3.05) is 36.8 Å². The average molecular weight is 355 g/mol. The summed E-state index contributed by atoms with van der Waals surface area (Å²) < 4.78 is 0. The third kappa shape index (κ3) is 5.02. The van der Waals surface area contributed by atoms with E-state index in [-0.39, 0.29) is 5.91 Å². The minimum absolute atomic E-state index is 0.266. The van der Waals surface area contributed by atoms with Gasteiger partial charge in [-0.1, -0.05) is 47.5 Å². The molecule has 0 aromatic heterocycles. The van der Waals surface area contributed by atoms with Crippen LogP contribution in [0.3, 0.4) is 0 Å². The Balaban J connectivity index is 1.43. The lowest BCUT2D eigenvalue weighted by molar-refractivity contribution is -0.128. The van der Waals surface area contributed by atoms with Crippen LogP contribution >= 0.6 is 11.8 Å². The van der Waals surface area contributed by atoms with Crippen molar-refractivity contribution in [2.24, 2.45) is 0 Å². The van der Waals surface area contributed by atoms with Crippen molar-refractivity contribution < 1.29 is 4.79 Å². The number of para-hydroxylation sites is 1. The number of nitrogens with zero attached hydrogens (tertiary/aromatic N) is 2. The maximum absolute atomic E-state index is 12.5. The van der Waals surface area contributed by atoms with E-state index in [0.717, 1.165) is 31.9 Å². The molecule has 0 spiro atoms. The molecule has 3 nitrogen and oxygen atoms in total. The highest BCUT2D eigenvalue weighted by Crippen LogP contribution is 2.18. The molecule has 4 heteroatoms. The van der Waals surface area contributed by atoms with Crippen LogP contribution in [-0.4, -0.2) is 42.7 Å². The first-order chi connectivity index (χ1) is 12.1. The van der Waals surface area contributed by atoms with E-state index in [9.17, 15) is 4.79 Å². The van der Waals surface area contributed by atoms with Crippen LogP contribution in [0.15, 0.2) is 48.5 Å². The maximum atomic E-state index is 12.5. The van der Waals surface area contributed by atoms with Crippen LogP contribution in [-0.2, 0) is 10.5 Å². The van der Waals surface area contributed by atoms with Gasteiger partial charge in [-0.3, -0.25) is 4.79 Å². The van der Waals surface area contributed by atoms with Crippen molar-refractivity contribution in [1.29, 1.82) is 0 Å². The fraction of sp³-hybridized carbons (Fsp3) is 0.381. The maximum Gasteiger partial charge on any atom is 0.232 e. The van der Waals surface area contributed by atoms with Gasteiger partial charge < -0.3 is 9.80 Å². The second-order valence-electron chi connectivity index (χ2n) is 6.69. The molecular weight excluding hydrogens is 328 g/mol. The van der Waals surface area contributed by atoms with Gasteiger partial charge >= 0.3 is 0 Å². The van der Waals surface area contributed by atoms with Gasteiger partial charge in [-0.25, -0.2) is 0 Å². The van der Waals surface area contributed by atoms with Crippen molar-refractivity contribution in [2.45, 2.75) is 19.6 Å². The molecule has 0 radical (unpaired) electrons. The summed E-state index contributed by atoms with van der Waals surface area (Å²) in [6.45, 7) is 7.71. The van der Waals surface area contributed by atoms with E-state index < -0.39 is 0 Å². The largest absolute Gasteiger partial charge is 0.368 e. The van der Waals surface area contributed by atoms with Crippen LogP contribution in [0.1, 0.15) is 16.7 Å². The van der Waals surface area contributed by atoms with Gasteiger partial charge in [-0.15, -0.1) is 11.8 Å². The first kappa shape index (κ1) is 17.9. The van der Waals surface area contributed by atoms with Crippen molar-refractivity contribution in [1.82, 2.24) is 4.90 Å². The van der Waals surface area contributed by atoms with E-state index in [1.165, 1.54) is 22.4 Å². The van der Waals surface area contributed by atoms with E-state index in [2.05, 4.69) is 61.2 Å². The summed E-state index contributed by atoms with van der Waals surface area (Å²) in [6.07, 6.45) is 0. The number of piperazine rings is 1. The van der Waals surface area contributed by atoms with Crippen LogP contribution in [0.2, 0.25) is 0 Å². The molecule has 2 aromatic carbocycles. The third-order valence-corrected chi connectivity index (χ3v) is 5.52. The highest BCUT2D eigenvalue weighted by Gasteiger charge is 2.20. The molecule has 3 rings (SSSR count). The fourth-order valence-electron chi connectivity index (χ4n) is 3.35. The fourth-order valence-corrected chi connectivity index (χ4v) is 4.21. The van der Waals surface area contributed by atoms with Gasteiger partial charge in [0.25, 0.3) is 0 Å². The molecule has 1 amide bonds. The Morgan fingerprint density at radius 3 is 2.24 bits per heavy atom. The number of thioether (sulfide) groups is 1. The quantitative estimate of drug-likeness (QED) is 0.814. The van der Waals surface area contributed by atoms with E-state index in [1.807, 2.05) is 11.0 Å². The first-order valence-corrected chi connectivity index (χ1v) is 10.00. The highest BCUT2D eigenvalue weighted by molar-refractivity contribution is 7.99. The van der Waals surface area contributed by atoms with Crippen LogP contribution in [0.4, 0.5) is 5.69 Å². The van der Waals surface area contributed by atoms with E-state index in [0.29, 0.717) is 5.75 Å². The molecule has 1 fully saturated rings. The molecule has 0 unspecified atom stereocenters. The normalized spacial score (nSPS) is 14.6. The van der Waals surface area contributed by atoms with Crippen molar-refractivity contribution in [3.63, 3.8) is 0 Å². The molecule has 1 aliphatic rings. The molecule has 1 aliphatic heterocycles. The molecule has 0 saturated carbocycles. The standard InChI is InChI=1S/C21H26N2OS/c1-17-12-18(2)14-19(13-17)15-25-16-21(24)23-10-8-22(9-11-23)20-6-4-3-5-7-20/h3-7,12-14H,8-11,15-16H2,1-2H3. The summed E-state index contributed by atoms with van der Waals surface area (Å²) in [6, 6.07) is 17.1. The number of hydrogen-bond donors (Lipinski definition) is 0. The number of aryl methyl sites for hydroxylation is 2. The zero-order chi connectivity index (χ0) is 17.6. The lowest BCUT2D eigenvalue weighted by atomic mass is 10.1. The number of anilines is 1. The Kier molecular flexibility index (Phi) is 6.03. The zero-order valence-electron chi connectivity index (χ0n) is 15.1. The lowest BCUT2D eigenvalue weighted by Crippen LogP contribution is -2.49. The number of benzene rings is 2. The highest BCUT2D eigenvalue weighted by atomic mass is 32.2. The summed E-state index contributed by atoms with van der Waals surface area (Å²) in [4.78, 5) is 16.8. The molecule has 0 bridgehead atoms. The lowest BCUT2D eigenvalue weighted by Gasteiger charge is -2.36. The minimum Gasteiger partial charge on any atom is -0.368 e. The average Bonchev–Trinajstić information content (AvgIpc) is 2.62. The van der Waals surface area contributed by atoms with Crippen LogP contribution in [0.25, 0.3) is 0 Å². The summed E-state index contributed by atoms with van der Waals surface area (Å²) in [5.41, 5.74) is 5.14. The molecule has 1 heterocycles. The molecule has 25 heavy (non-hydrogen) atoms. The summed E-state index contributed by atoms with van der Waals surface area (Å²) >= 11 is 1.72. The SMILES string of the molecule is Cc1cc(C)cc(CSCC(=O)N2CCN(c3ccccc3)CC2)c1. The molecule has 1 saturated heterocycles. The number of carbonyl (C=O) groups excluding carboxylic acids is 1. The minimum atomic E-state index is 0.266. The van der Waals surface area contributed by atoms with Gasteiger partial charge in [0.15, 0.2) is 0 Å². The summed E-state index contributed by atoms with van der Waals surface area (Å²) in [5.74, 6) is 1.73. The van der Waals surface area contributed by atoms with Gasteiger partial charge in [0.2, 0.25) is 5.91 Å². The molecule has 2 aromatic rings. The van der Waals surface area contributed by atoms with Crippen LogP contribution in [0, 0.1) is 13.8 Å². The first-order valence-electron chi connectivity index (χ1n) is 8.84. The number of carbonyl (C=O) groups is 1. The number of amides is 1. The Morgan fingerprint density at radius 1 is 0.960 bits per heavy atom. The van der Waals surface area contributed by atoms with Gasteiger partial charge in [-0.2, -0.15) is 0 Å². The molecular formula is C21H26N2OS. The second kappa shape index (κ2) is 8.43. The van der Waals surface area contributed by atoms with Gasteiger partial charge in [-0.05, 0) is 31.5 Å². The van der Waals surface area contributed by atoms with E-state index in [1.54, 1.807) is 11.8 Å². The summed E-state index contributed by atoms with van der Waals surface area (Å²) in [7, 11) is 0. The topological polar surface area (TPSA) is 23.6 Å². The Morgan fingerprint density at radius 2 is 1.60 bits per heavy atom. The van der Waals surface area contributed by atoms with E-state index >= 15 is 0 Å². The van der Waals surface area contributed by atoms with Crippen molar-refractivity contribution in [3.05, 3.63) is 65.2 Å². The monoisotopic (exact) mass is 354 g/mol. The van der Waals surface area contributed by atoms with Crippen molar-refractivity contribution >= 4 is 23.4 Å². The van der Waals surface area contributed by atoms with Crippen LogP contribution < -0.4 is 4.90 Å². The van der Waals surface area contributed by atoms with Crippen LogP contribution in [0.5, 0.6) is 0 Å². The predicted octanol–water partition coefficient (Wildman–Crippen LogP) is 3.89. The molecule has 0 N–H and O–H groups in total. The summed E-state index contributed by atoms with van der Waals surface area (Å²) in [5, 5.41) is 0. The predicted molar refractivity (Wildman–Crippen MR) is 107 cm³/mol. The Hall–Kier alpha value is -1.94. The molecule has 0 aliphatic carbocycles. The Bertz CT molecular complexity index is 689. The molecule has 0 atom stereocenters. The van der Waals surface area contributed by atoms with E-state index in [4.69, 9.17) is 0 Å². The number of rotatable bonds is 5. The van der Waals surface area contributed by atoms with Gasteiger partial charge in [0.05, 0.1) is 5.75 Å². The third-order valence-electron chi connectivity index (χ3n) is 4.53. The molecule has 132 valence electrons. The van der Waals surface area contributed by atoms with Gasteiger partial charge in [0, 0.05) is 37.6 Å². The zero-order valence-corrected chi connectivity index (χ0v) is 15.9. The smallest absolute Gasteiger partial charge is 0.232 e. The second-order valence-corrected chi connectivity index (χ2v) is 7.68. The van der Waals surface area contributed by atoms with Gasteiger partial charge in [0.1, 0.15) is 0 Å².